The highest BCUT2D eigenvalue weighted by Gasteiger charge is 2.32. The molecule has 1 aromatic carbocycles. The number of rotatable bonds is 3. The molecule has 2 aromatic rings. The predicted molar refractivity (Wildman–Crippen MR) is 110 cm³/mol. The average Bonchev–Trinajstić information content (AvgIpc) is 3.30. The molecule has 1 unspecified atom stereocenters. The van der Waals surface area contributed by atoms with Crippen LogP contribution in [0.5, 0.6) is 0 Å². The first kappa shape index (κ1) is 17.9. The lowest BCUT2D eigenvalue weighted by Crippen LogP contribution is -2.31. The molecule has 1 aromatic heterocycles. The predicted octanol–water partition coefficient (Wildman–Crippen LogP) is 4.99. The Morgan fingerprint density at radius 1 is 1.15 bits per heavy atom. The van der Waals surface area contributed by atoms with E-state index in [-0.39, 0.29) is 11.9 Å². The number of nitrogens with zero attached hydrogens (tertiary/aromatic N) is 3. The second-order valence-corrected chi connectivity index (χ2v) is 9.18. The van der Waals surface area contributed by atoms with Crippen LogP contribution in [0.15, 0.2) is 23.6 Å². The lowest BCUT2D eigenvalue weighted by molar-refractivity contribution is 0.0735. The van der Waals surface area contributed by atoms with Gasteiger partial charge in [-0.3, -0.25) is 4.79 Å². The monoisotopic (exact) mass is 387 g/mol. The molecule has 0 spiro atoms. The van der Waals surface area contributed by atoms with Crippen LogP contribution in [0.3, 0.4) is 0 Å². The summed E-state index contributed by atoms with van der Waals surface area (Å²) in [6.07, 6.45) is 4.57. The number of hydrogen-bond donors (Lipinski definition) is 0. The van der Waals surface area contributed by atoms with Crippen molar-refractivity contribution >= 4 is 34.9 Å². The van der Waals surface area contributed by atoms with E-state index >= 15 is 0 Å². The van der Waals surface area contributed by atoms with E-state index < -0.39 is 0 Å². The van der Waals surface area contributed by atoms with Gasteiger partial charge in [-0.15, -0.1) is 11.3 Å². The number of thiazole rings is 1. The minimum Gasteiger partial charge on any atom is -0.329 e. The summed E-state index contributed by atoms with van der Waals surface area (Å²) < 4.78 is 2.35. The van der Waals surface area contributed by atoms with Crippen LogP contribution in [0.2, 0.25) is 0 Å². The highest BCUT2D eigenvalue weighted by molar-refractivity contribution is 8.00. The molecule has 6 heteroatoms. The lowest BCUT2D eigenvalue weighted by Gasteiger charge is -2.29. The fourth-order valence-electron chi connectivity index (χ4n) is 3.79. The number of benzene rings is 1. The lowest BCUT2D eigenvalue weighted by atomic mass is 10.1. The molecule has 2 aliphatic rings. The summed E-state index contributed by atoms with van der Waals surface area (Å²) in [5, 5.41) is 3.15. The summed E-state index contributed by atoms with van der Waals surface area (Å²) in [7, 11) is 0. The Morgan fingerprint density at radius 3 is 2.77 bits per heavy atom. The molecule has 2 saturated heterocycles. The highest BCUT2D eigenvalue weighted by atomic mass is 32.2. The van der Waals surface area contributed by atoms with E-state index in [1.807, 2.05) is 29.8 Å². The Morgan fingerprint density at radius 2 is 2.04 bits per heavy atom. The normalized spacial score (nSPS) is 20.6. The molecule has 3 heterocycles. The molecule has 2 aliphatic heterocycles. The molecular formula is C20H25N3OS2. The minimum absolute atomic E-state index is 0.134. The number of aromatic nitrogens is 1. The molecule has 0 saturated carbocycles. The van der Waals surface area contributed by atoms with Crippen LogP contribution in [0, 0.1) is 13.8 Å². The van der Waals surface area contributed by atoms with Crippen LogP contribution in [0.1, 0.15) is 58.3 Å². The van der Waals surface area contributed by atoms with Gasteiger partial charge in [0.05, 0.1) is 6.04 Å². The quantitative estimate of drug-likeness (QED) is 0.696. The number of anilines is 1. The van der Waals surface area contributed by atoms with Crippen molar-refractivity contribution in [2.45, 2.75) is 45.6 Å². The summed E-state index contributed by atoms with van der Waals surface area (Å²) in [6.45, 7) is 5.99. The molecule has 138 valence electrons. The second kappa shape index (κ2) is 7.61. The third-order valence-electron chi connectivity index (χ3n) is 5.04. The number of carbonyl (C=O) groups is 1. The van der Waals surface area contributed by atoms with Crippen LogP contribution >= 0.6 is 23.3 Å². The summed E-state index contributed by atoms with van der Waals surface area (Å²) in [6, 6.07) is 6.44. The standard InChI is InChI=1S/C20H25N3OS2/c1-14-10-16(12-17(11-14)23-8-3-4-9-26-23)20(24)22-7-5-6-18(22)19-21-15(2)13-25-19/h10-13,18H,3-9H2,1-2H3. The zero-order chi connectivity index (χ0) is 18.1. The summed E-state index contributed by atoms with van der Waals surface area (Å²) in [4.78, 5) is 20.0. The molecule has 4 nitrogen and oxygen atoms in total. The van der Waals surface area contributed by atoms with E-state index in [2.05, 4.69) is 33.7 Å². The fraction of sp³-hybridized carbons (Fsp3) is 0.500. The van der Waals surface area contributed by atoms with E-state index in [1.54, 1.807) is 11.3 Å². The summed E-state index contributed by atoms with van der Waals surface area (Å²) in [5.41, 5.74) is 4.17. The van der Waals surface area contributed by atoms with E-state index in [0.717, 1.165) is 53.5 Å². The molecular weight excluding hydrogens is 362 g/mol. The Hall–Kier alpha value is -1.53. The Bertz CT molecular complexity index is 798. The maximum atomic E-state index is 13.3. The average molecular weight is 388 g/mol. The third kappa shape index (κ3) is 3.62. The molecule has 0 aliphatic carbocycles. The topological polar surface area (TPSA) is 36.4 Å². The Labute approximate surface area is 163 Å². The number of likely N-dealkylation sites (tertiary alicyclic amines) is 1. The zero-order valence-electron chi connectivity index (χ0n) is 15.4. The van der Waals surface area contributed by atoms with Crippen molar-refractivity contribution < 1.29 is 4.79 Å². The minimum atomic E-state index is 0.134. The van der Waals surface area contributed by atoms with Gasteiger partial charge in [-0.2, -0.15) is 0 Å². The second-order valence-electron chi connectivity index (χ2n) is 7.18. The highest BCUT2D eigenvalue weighted by Crippen LogP contribution is 2.36. The number of aryl methyl sites for hydroxylation is 2. The SMILES string of the molecule is Cc1cc(C(=O)N2CCCC2c2nc(C)cs2)cc(N2CCCCS2)c1. The van der Waals surface area contributed by atoms with Crippen molar-refractivity contribution in [3.8, 4) is 0 Å². The van der Waals surface area contributed by atoms with Gasteiger partial charge < -0.3 is 9.21 Å². The van der Waals surface area contributed by atoms with Gasteiger partial charge in [0.25, 0.3) is 5.91 Å². The molecule has 4 rings (SSSR count). The molecule has 0 bridgehead atoms. The van der Waals surface area contributed by atoms with Gasteiger partial charge in [0.15, 0.2) is 0 Å². The zero-order valence-corrected chi connectivity index (χ0v) is 17.0. The summed E-state index contributed by atoms with van der Waals surface area (Å²) >= 11 is 3.55. The van der Waals surface area contributed by atoms with Crippen molar-refractivity contribution in [3.63, 3.8) is 0 Å². The Balaban J connectivity index is 1.60. The Kier molecular flexibility index (Phi) is 5.23. The smallest absolute Gasteiger partial charge is 0.254 e. The van der Waals surface area contributed by atoms with E-state index in [1.165, 1.54) is 18.5 Å². The first-order valence-corrected chi connectivity index (χ1v) is 11.2. The van der Waals surface area contributed by atoms with Crippen molar-refractivity contribution in [2.75, 3.05) is 23.1 Å². The molecule has 0 N–H and O–H groups in total. The van der Waals surface area contributed by atoms with Crippen LogP contribution in [0.25, 0.3) is 0 Å². The number of carbonyl (C=O) groups excluding carboxylic acids is 1. The van der Waals surface area contributed by atoms with E-state index in [0.29, 0.717) is 0 Å². The van der Waals surface area contributed by atoms with Crippen molar-refractivity contribution in [2.24, 2.45) is 0 Å². The van der Waals surface area contributed by atoms with Crippen LogP contribution in [-0.2, 0) is 0 Å². The van der Waals surface area contributed by atoms with Crippen LogP contribution < -0.4 is 4.31 Å². The van der Waals surface area contributed by atoms with Gasteiger partial charge in [0.1, 0.15) is 5.01 Å². The fourth-order valence-corrected chi connectivity index (χ4v) is 5.80. The largest absolute Gasteiger partial charge is 0.329 e. The van der Waals surface area contributed by atoms with Gasteiger partial charge in [0.2, 0.25) is 0 Å². The first-order valence-electron chi connectivity index (χ1n) is 9.37. The van der Waals surface area contributed by atoms with E-state index in [4.69, 9.17) is 0 Å². The maximum Gasteiger partial charge on any atom is 0.254 e. The summed E-state index contributed by atoms with van der Waals surface area (Å²) in [5.74, 6) is 1.31. The molecule has 1 atom stereocenters. The maximum absolute atomic E-state index is 13.3. The van der Waals surface area contributed by atoms with E-state index in [9.17, 15) is 4.79 Å². The number of hydrogen-bond acceptors (Lipinski definition) is 5. The van der Waals surface area contributed by atoms with Gasteiger partial charge in [-0.1, -0.05) is 0 Å². The number of amides is 1. The van der Waals surface area contributed by atoms with Crippen molar-refractivity contribution in [1.82, 2.24) is 9.88 Å². The van der Waals surface area contributed by atoms with Crippen molar-refractivity contribution in [1.29, 1.82) is 0 Å². The van der Waals surface area contributed by atoms with Crippen LogP contribution in [-0.4, -0.2) is 34.6 Å². The molecule has 2 fully saturated rings. The third-order valence-corrected chi connectivity index (χ3v) is 7.28. The van der Waals surface area contributed by atoms with Gasteiger partial charge in [-0.05, 0) is 75.2 Å². The molecule has 1 amide bonds. The van der Waals surface area contributed by atoms with Gasteiger partial charge >= 0.3 is 0 Å². The first-order chi connectivity index (χ1) is 12.6. The molecule has 0 radical (unpaired) electrons. The molecule has 26 heavy (non-hydrogen) atoms. The van der Waals surface area contributed by atoms with Crippen LogP contribution in [0.4, 0.5) is 5.69 Å². The van der Waals surface area contributed by atoms with Gasteiger partial charge in [-0.25, -0.2) is 4.98 Å². The van der Waals surface area contributed by atoms with Gasteiger partial charge in [0, 0.05) is 41.2 Å². The van der Waals surface area contributed by atoms with Crippen molar-refractivity contribution in [3.05, 3.63) is 45.4 Å².